The Morgan fingerprint density at radius 3 is 1.95 bits per heavy atom. The van der Waals surface area contributed by atoms with E-state index in [-0.39, 0.29) is 11.8 Å². The average molecular weight is 290 g/mol. The van der Waals surface area contributed by atoms with Gasteiger partial charge in [-0.1, -0.05) is 27.7 Å². The number of carbonyl (C=O) groups is 1. The molecule has 3 heteroatoms. The molecule has 118 valence electrons. The van der Waals surface area contributed by atoms with Crippen LogP contribution in [0.25, 0.3) is 0 Å². The standard InChI is InChI=1S/C18H30N2O/c1-5-13-20(14-6-2)17-11-9-16(10-12-17)19-18(21)15(7-3)8-4/h9-12,15H,5-8,13-14H2,1-4H3,(H,19,21). The van der Waals surface area contributed by atoms with E-state index in [0.717, 1.165) is 44.5 Å². The van der Waals surface area contributed by atoms with Crippen LogP contribution in [0.15, 0.2) is 24.3 Å². The van der Waals surface area contributed by atoms with Crippen LogP contribution in [-0.4, -0.2) is 19.0 Å². The fraction of sp³-hybridized carbons (Fsp3) is 0.611. The molecule has 0 spiro atoms. The van der Waals surface area contributed by atoms with Crippen molar-refractivity contribution in [2.45, 2.75) is 53.4 Å². The van der Waals surface area contributed by atoms with Crippen LogP contribution in [0.5, 0.6) is 0 Å². The number of amides is 1. The van der Waals surface area contributed by atoms with Crippen molar-refractivity contribution in [2.75, 3.05) is 23.3 Å². The highest BCUT2D eigenvalue weighted by Gasteiger charge is 2.14. The second kappa shape index (κ2) is 9.43. The van der Waals surface area contributed by atoms with Gasteiger partial charge >= 0.3 is 0 Å². The summed E-state index contributed by atoms with van der Waals surface area (Å²) in [7, 11) is 0. The Morgan fingerprint density at radius 2 is 1.52 bits per heavy atom. The van der Waals surface area contributed by atoms with Crippen molar-refractivity contribution in [3.05, 3.63) is 24.3 Å². The van der Waals surface area contributed by atoms with Crippen LogP contribution >= 0.6 is 0 Å². The molecule has 0 aliphatic rings. The van der Waals surface area contributed by atoms with Crippen molar-refractivity contribution in [1.82, 2.24) is 0 Å². The van der Waals surface area contributed by atoms with Gasteiger partial charge in [0.1, 0.15) is 0 Å². The first-order valence-electron chi connectivity index (χ1n) is 8.32. The molecule has 0 bridgehead atoms. The minimum absolute atomic E-state index is 0.112. The topological polar surface area (TPSA) is 32.3 Å². The van der Waals surface area contributed by atoms with Crippen molar-refractivity contribution in [2.24, 2.45) is 5.92 Å². The Bertz CT molecular complexity index is 404. The third-order valence-corrected chi connectivity index (χ3v) is 3.84. The van der Waals surface area contributed by atoms with E-state index in [1.165, 1.54) is 5.69 Å². The predicted molar refractivity (Wildman–Crippen MR) is 91.9 cm³/mol. The summed E-state index contributed by atoms with van der Waals surface area (Å²) in [6, 6.07) is 8.23. The number of carbonyl (C=O) groups excluding carboxylic acids is 1. The molecular weight excluding hydrogens is 260 g/mol. The van der Waals surface area contributed by atoms with E-state index < -0.39 is 0 Å². The van der Waals surface area contributed by atoms with Crippen LogP contribution in [0.1, 0.15) is 53.4 Å². The van der Waals surface area contributed by atoms with Crippen molar-refractivity contribution in [3.8, 4) is 0 Å². The predicted octanol–water partition coefficient (Wildman–Crippen LogP) is 4.69. The van der Waals surface area contributed by atoms with Crippen LogP contribution in [0, 0.1) is 5.92 Å². The zero-order valence-electron chi connectivity index (χ0n) is 14.0. The van der Waals surface area contributed by atoms with E-state index in [1.807, 2.05) is 12.1 Å². The summed E-state index contributed by atoms with van der Waals surface area (Å²) in [6.07, 6.45) is 4.07. The van der Waals surface area contributed by atoms with E-state index in [0.29, 0.717) is 0 Å². The van der Waals surface area contributed by atoms with Gasteiger partial charge in [0.25, 0.3) is 0 Å². The summed E-state index contributed by atoms with van der Waals surface area (Å²) < 4.78 is 0. The lowest BCUT2D eigenvalue weighted by Gasteiger charge is -2.24. The van der Waals surface area contributed by atoms with Gasteiger partial charge < -0.3 is 10.2 Å². The fourth-order valence-electron chi connectivity index (χ4n) is 2.57. The third-order valence-electron chi connectivity index (χ3n) is 3.84. The molecule has 0 fully saturated rings. The van der Waals surface area contributed by atoms with E-state index in [9.17, 15) is 4.79 Å². The van der Waals surface area contributed by atoms with E-state index >= 15 is 0 Å². The van der Waals surface area contributed by atoms with Gasteiger partial charge in [0.05, 0.1) is 0 Å². The second-order valence-corrected chi connectivity index (χ2v) is 5.54. The summed E-state index contributed by atoms with van der Waals surface area (Å²) in [5.74, 6) is 0.244. The molecule has 0 unspecified atom stereocenters. The molecule has 0 aliphatic carbocycles. The minimum atomic E-state index is 0.112. The first kappa shape index (κ1) is 17.5. The molecular formula is C18H30N2O. The van der Waals surface area contributed by atoms with Crippen LogP contribution in [0.3, 0.4) is 0 Å². The molecule has 0 radical (unpaired) electrons. The van der Waals surface area contributed by atoms with Gasteiger partial charge in [0, 0.05) is 30.4 Å². The lowest BCUT2D eigenvalue weighted by atomic mass is 10.0. The largest absolute Gasteiger partial charge is 0.372 e. The highest BCUT2D eigenvalue weighted by Crippen LogP contribution is 2.20. The number of hydrogen-bond acceptors (Lipinski definition) is 2. The summed E-state index contributed by atoms with van der Waals surface area (Å²) in [4.78, 5) is 14.5. The Labute approximate surface area is 129 Å². The van der Waals surface area contributed by atoms with Crippen LogP contribution < -0.4 is 10.2 Å². The van der Waals surface area contributed by atoms with Gasteiger partial charge in [-0.3, -0.25) is 4.79 Å². The Hall–Kier alpha value is -1.51. The van der Waals surface area contributed by atoms with Gasteiger partial charge in [-0.2, -0.15) is 0 Å². The van der Waals surface area contributed by atoms with Gasteiger partial charge in [-0.15, -0.1) is 0 Å². The molecule has 0 saturated carbocycles. The quantitative estimate of drug-likeness (QED) is 0.715. The molecule has 3 nitrogen and oxygen atoms in total. The highest BCUT2D eigenvalue weighted by molar-refractivity contribution is 5.92. The van der Waals surface area contributed by atoms with Crippen molar-refractivity contribution in [3.63, 3.8) is 0 Å². The Balaban J connectivity index is 2.70. The Kier molecular flexibility index (Phi) is 7.88. The lowest BCUT2D eigenvalue weighted by molar-refractivity contribution is -0.120. The maximum atomic E-state index is 12.1. The second-order valence-electron chi connectivity index (χ2n) is 5.54. The summed E-state index contributed by atoms with van der Waals surface area (Å²) in [5.41, 5.74) is 2.13. The van der Waals surface area contributed by atoms with E-state index in [2.05, 4.69) is 50.0 Å². The molecule has 0 aromatic heterocycles. The first-order valence-corrected chi connectivity index (χ1v) is 8.32. The minimum Gasteiger partial charge on any atom is -0.372 e. The number of anilines is 2. The number of hydrogen-bond donors (Lipinski definition) is 1. The summed E-state index contributed by atoms with van der Waals surface area (Å²) in [6.45, 7) is 10.7. The molecule has 1 rings (SSSR count). The maximum absolute atomic E-state index is 12.1. The zero-order chi connectivity index (χ0) is 15.7. The summed E-state index contributed by atoms with van der Waals surface area (Å²) >= 11 is 0. The van der Waals surface area contributed by atoms with Gasteiger partial charge in [0.15, 0.2) is 0 Å². The first-order chi connectivity index (χ1) is 10.2. The molecule has 0 atom stereocenters. The Morgan fingerprint density at radius 1 is 1.00 bits per heavy atom. The molecule has 1 amide bonds. The smallest absolute Gasteiger partial charge is 0.227 e. The van der Waals surface area contributed by atoms with Crippen LogP contribution in [0.2, 0.25) is 0 Å². The SMILES string of the molecule is CCCN(CCC)c1ccc(NC(=O)C(CC)CC)cc1. The number of benzene rings is 1. The maximum Gasteiger partial charge on any atom is 0.227 e. The molecule has 0 aliphatic heterocycles. The van der Waals surface area contributed by atoms with Crippen molar-refractivity contribution < 1.29 is 4.79 Å². The third kappa shape index (κ3) is 5.41. The normalized spacial score (nSPS) is 10.7. The highest BCUT2D eigenvalue weighted by atomic mass is 16.1. The van der Waals surface area contributed by atoms with Crippen LogP contribution in [0.4, 0.5) is 11.4 Å². The molecule has 1 aromatic rings. The van der Waals surface area contributed by atoms with Gasteiger partial charge in [-0.05, 0) is 49.9 Å². The summed E-state index contributed by atoms with van der Waals surface area (Å²) in [5, 5.41) is 3.02. The zero-order valence-corrected chi connectivity index (χ0v) is 14.0. The monoisotopic (exact) mass is 290 g/mol. The van der Waals surface area contributed by atoms with Crippen molar-refractivity contribution in [1.29, 1.82) is 0 Å². The number of nitrogens with zero attached hydrogens (tertiary/aromatic N) is 1. The molecule has 1 N–H and O–H groups in total. The van der Waals surface area contributed by atoms with E-state index in [4.69, 9.17) is 0 Å². The van der Waals surface area contributed by atoms with Crippen molar-refractivity contribution >= 4 is 17.3 Å². The number of rotatable bonds is 9. The lowest BCUT2D eigenvalue weighted by Crippen LogP contribution is -2.25. The average Bonchev–Trinajstić information content (AvgIpc) is 2.49. The molecule has 1 aromatic carbocycles. The number of nitrogens with one attached hydrogen (secondary N) is 1. The van der Waals surface area contributed by atoms with Gasteiger partial charge in [0.2, 0.25) is 5.91 Å². The molecule has 21 heavy (non-hydrogen) atoms. The fourth-order valence-corrected chi connectivity index (χ4v) is 2.57. The van der Waals surface area contributed by atoms with E-state index in [1.54, 1.807) is 0 Å². The molecule has 0 saturated heterocycles. The molecule has 0 heterocycles. The van der Waals surface area contributed by atoms with Gasteiger partial charge in [-0.25, -0.2) is 0 Å². The van der Waals surface area contributed by atoms with Crippen LogP contribution in [-0.2, 0) is 4.79 Å².